The highest BCUT2D eigenvalue weighted by atomic mass is 16.5. The molecule has 0 spiro atoms. The smallest absolute Gasteiger partial charge is 0.206 e. The van der Waals surface area contributed by atoms with E-state index < -0.39 is 0 Å². The third-order valence-electron chi connectivity index (χ3n) is 1.72. The van der Waals surface area contributed by atoms with Crippen molar-refractivity contribution in [3.63, 3.8) is 0 Å². The van der Waals surface area contributed by atoms with Gasteiger partial charge in [-0.25, -0.2) is 0 Å². The summed E-state index contributed by atoms with van der Waals surface area (Å²) < 4.78 is 5.40. The third kappa shape index (κ3) is 3.38. The van der Waals surface area contributed by atoms with Crippen LogP contribution in [0.3, 0.4) is 0 Å². The molecule has 0 aliphatic carbocycles. The molecule has 0 aliphatic heterocycles. The van der Waals surface area contributed by atoms with Crippen molar-refractivity contribution in [1.29, 1.82) is 0 Å². The van der Waals surface area contributed by atoms with E-state index in [1.54, 1.807) is 0 Å². The van der Waals surface area contributed by atoms with Crippen LogP contribution in [0, 0.1) is 0 Å². The standard InChI is InChI=1S/C11H15NO/c1-9(2)13-8-11(12)10-6-4-3-5-7-10/h3-7,9,12H,8H2,1-2H3/p+1. The van der Waals surface area contributed by atoms with E-state index in [1.165, 1.54) is 0 Å². The van der Waals surface area contributed by atoms with E-state index in [0.717, 1.165) is 11.3 Å². The Kier molecular flexibility index (Phi) is 3.65. The van der Waals surface area contributed by atoms with Crippen molar-refractivity contribution in [2.75, 3.05) is 6.61 Å². The Labute approximate surface area is 79.1 Å². The SMILES string of the molecule is CC(C)OCC(=[NH2+])c1ccccc1. The Balaban J connectivity index is 2.50. The Hall–Kier alpha value is -1.15. The second-order valence-corrected chi connectivity index (χ2v) is 3.25. The summed E-state index contributed by atoms with van der Waals surface area (Å²) in [5, 5.41) is 5.83. The highest BCUT2D eigenvalue weighted by Crippen LogP contribution is 1.99. The molecule has 1 rings (SSSR count). The summed E-state index contributed by atoms with van der Waals surface area (Å²) in [6.07, 6.45) is 0.224. The normalized spacial score (nSPS) is 10.4. The van der Waals surface area contributed by atoms with Crippen molar-refractivity contribution < 1.29 is 10.1 Å². The van der Waals surface area contributed by atoms with Crippen molar-refractivity contribution in [3.8, 4) is 0 Å². The molecule has 70 valence electrons. The lowest BCUT2D eigenvalue weighted by molar-refractivity contribution is -0.120. The van der Waals surface area contributed by atoms with Crippen molar-refractivity contribution in [2.24, 2.45) is 0 Å². The van der Waals surface area contributed by atoms with Crippen LogP contribution in [0.5, 0.6) is 0 Å². The molecule has 2 N–H and O–H groups in total. The van der Waals surface area contributed by atoms with E-state index in [2.05, 4.69) is 0 Å². The Morgan fingerprint density at radius 2 is 1.92 bits per heavy atom. The molecule has 0 aliphatic rings. The minimum atomic E-state index is 0.224. The van der Waals surface area contributed by atoms with E-state index >= 15 is 0 Å². The fraction of sp³-hybridized carbons (Fsp3) is 0.364. The van der Waals surface area contributed by atoms with Gasteiger partial charge in [0.1, 0.15) is 6.61 Å². The van der Waals surface area contributed by atoms with Gasteiger partial charge in [0.05, 0.1) is 6.10 Å². The molecule has 13 heavy (non-hydrogen) atoms. The summed E-state index contributed by atoms with van der Waals surface area (Å²) in [5.74, 6) is 0. The van der Waals surface area contributed by atoms with Crippen molar-refractivity contribution in [1.82, 2.24) is 0 Å². The van der Waals surface area contributed by atoms with Gasteiger partial charge in [-0.15, -0.1) is 0 Å². The highest BCUT2D eigenvalue weighted by molar-refractivity contribution is 5.96. The van der Waals surface area contributed by atoms with E-state index in [4.69, 9.17) is 10.1 Å². The molecule has 0 aromatic heterocycles. The fourth-order valence-corrected chi connectivity index (χ4v) is 0.992. The zero-order valence-corrected chi connectivity index (χ0v) is 8.16. The van der Waals surface area contributed by atoms with Gasteiger partial charge in [0, 0.05) is 5.56 Å². The summed E-state index contributed by atoms with van der Waals surface area (Å²) in [6, 6.07) is 9.88. The maximum atomic E-state index is 5.83. The molecule has 0 saturated carbocycles. The largest absolute Gasteiger partial charge is 0.368 e. The minimum absolute atomic E-state index is 0.224. The molecule has 0 bridgehead atoms. The average Bonchev–Trinajstić information content (AvgIpc) is 2.15. The van der Waals surface area contributed by atoms with Gasteiger partial charge in [0.15, 0.2) is 0 Å². The van der Waals surface area contributed by atoms with Gasteiger partial charge in [-0.1, -0.05) is 18.2 Å². The minimum Gasteiger partial charge on any atom is -0.368 e. The second kappa shape index (κ2) is 4.77. The van der Waals surface area contributed by atoms with Gasteiger partial charge in [0.25, 0.3) is 0 Å². The molecule has 2 nitrogen and oxygen atoms in total. The Morgan fingerprint density at radius 1 is 1.31 bits per heavy atom. The molecular formula is C11H16NO+. The molecule has 1 aromatic carbocycles. The summed E-state index contributed by atoms with van der Waals surface area (Å²) >= 11 is 0. The van der Waals surface area contributed by atoms with E-state index in [9.17, 15) is 0 Å². The van der Waals surface area contributed by atoms with Crippen molar-refractivity contribution >= 4 is 5.71 Å². The quantitative estimate of drug-likeness (QED) is 0.675. The molecule has 0 heterocycles. The van der Waals surface area contributed by atoms with E-state index in [-0.39, 0.29) is 6.10 Å². The molecular weight excluding hydrogens is 162 g/mol. The lowest BCUT2D eigenvalue weighted by Gasteiger charge is -2.05. The van der Waals surface area contributed by atoms with Gasteiger partial charge >= 0.3 is 0 Å². The van der Waals surface area contributed by atoms with Gasteiger partial charge in [0.2, 0.25) is 5.71 Å². The van der Waals surface area contributed by atoms with Gasteiger partial charge in [-0.3, -0.25) is 5.41 Å². The molecule has 0 fully saturated rings. The van der Waals surface area contributed by atoms with Crippen molar-refractivity contribution in [3.05, 3.63) is 35.9 Å². The summed E-state index contributed by atoms with van der Waals surface area (Å²) in [7, 11) is 0. The van der Waals surface area contributed by atoms with Gasteiger partial charge in [-0.2, -0.15) is 0 Å². The predicted octanol–water partition coefficient (Wildman–Crippen LogP) is 0.660. The molecule has 0 amide bonds. The summed E-state index contributed by atoms with van der Waals surface area (Å²) in [4.78, 5) is 0. The van der Waals surface area contributed by atoms with Crippen LogP contribution in [0.15, 0.2) is 30.3 Å². The maximum Gasteiger partial charge on any atom is 0.206 e. The second-order valence-electron chi connectivity index (χ2n) is 3.25. The maximum absolute atomic E-state index is 5.83. The van der Waals surface area contributed by atoms with Crippen LogP contribution in [0.25, 0.3) is 0 Å². The first kappa shape index (κ1) is 9.93. The Morgan fingerprint density at radius 3 is 2.46 bits per heavy atom. The number of hydrogen-bond donors (Lipinski definition) is 1. The first-order valence-corrected chi connectivity index (χ1v) is 4.48. The van der Waals surface area contributed by atoms with Crippen LogP contribution in [0.2, 0.25) is 0 Å². The van der Waals surface area contributed by atoms with Crippen LogP contribution in [-0.2, 0) is 4.74 Å². The molecule has 0 saturated heterocycles. The molecule has 0 unspecified atom stereocenters. The van der Waals surface area contributed by atoms with Crippen LogP contribution >= 0.6 is 0 Å². The highest BCUT2D eigenvalue weighted by Gasteiger charge is 2.06. The molecule has 0 radical (unpaired) electrons. The first-order chi connectivity index (χ1) is 6.20. The first-order valence-electron chi connectivity index (χ1n) is 4.48. The number of hydrogen-bond acceptors (Lipinski definition) is 1. The number of ether oxygens (including phenoxy) is 1. The zero-order valence-electron chi connectivity index (χ0n) is 8.16. The van der Waals surface area contributed by atoms with Crippen molar-refractivity contribution in [2.45, 2.75) is 20.0 Å². The lowest BCUT2D eigenvalue weighted by Crippen LogP contribution is -2.43. The Bertz CT molecular complexity index is 267. The lowest BCUT2D eigenvalue weighted by atomic mass is 10.1. The monoisotopic (exact) mass is 178 g/mol. The molecule has 0 atom stereocenters. The third-order valence-corrected chi connectivity index (χ3v) is 1.72. The number of rotatable bonds is 4. The van der Waals surface area contributed by atoms with Crippen LogP contribution < -0.4 is 5.41 Å². The topological polar surface area (TPSA) is 34.8 Å². The average molecular weight is 178 g/mol. The van der Waals surface area contributed by atoms with E-state index in [0.29, 0.717) is 6.61 Å². The summed E-state index contributed by atoms with van der Waals surface area (Å²) in [5.41, 5.74) is 1.83. The molecule has 1 aromatic rings. The van der Waals surface area contributed by atoms with Gasteiger partial charge < -0.3 is 4.74 Å². The van der Waals surface area contributed by atoms with Crippen LogP contribution in [0.1, 0.15) is 19.4 Å². The number of nitrogens with two attached hydrogens (primary N) is 1. The summed E-state index contributed by atoms with van der Waals surface area (Å²) in [6.45, 7) is 4.50. The van der Waals surface area contributed by atoms with Crippen LogP contribution in [-0.4, -0.2) is 18.4 Å². The predicted molar refractivity (Wildman–Crippen MR) is 53.6 cm³/mol. The number of benzene rings is 1. The van der Waals surface area contributed by atoms with E-state index in [1.807, 2.05) is 44.2 Å². The van der Waals surface area contributed by atoms with Crippen LogP contribution in [0.4, 0.5) is 0 Å². The zero-order chi connectivity index (χ0) is 9.68. The van der Waals surface area contributed by atoms with Gasteiger partial charge in [-0.05, 0) is 26.0 Å². The fourth-order valence-electron chi connectivity index (χ4n) is 0.992. The molecule has 2 heteroatoms.